The summed E-state index contributed by atoms with van der Waals surface area (Å²) < 4.78 is 1.93. The maximum Gasteiger partial charge on any atom is 0.303 e. The van der Waals surface area contributed by atoms with Gasteiger partial charge < -0.3 is 15.0 Å². The number of carboxylic acids is 1. The van der Waals surface area contributed by atoms with Crippen molar-refractivity contribution in [3.05, 3.63) is 24.3 Å². The number of unbranched alkanes of at least 4 members (excludes halogenated alkanes) is 2. The molecule has 1 unspecified atom stereocenters. The first-order chi connectivity index (χ1) is 12.5. The number of benzene rings is 1. The number of carbonyl (C=O) groups excluding carboxylic acids is 2. The van der Waals surface area contributed by atoms with Crippen molar-refractivity contribution in [3.8, 4) is 0 Å². The van der Waals surface area contributed by atoms with Gasteiger partial charge in [-0.1, -0.05) is 18.6 Å². The molecule has 0 radical (unpaired) electrons. The van der Waals surface area contributed by atoms with E-state index in [-0.39, 0.29) is 24.7 Å². The maximum atomic E-state index is 12.2. The molecule has 3 rings (SSSR count). The lowest BCUT2D eigenvalue weighted by molar-refractivity contribution is -0.137. The number of carboxylic acid groups (broad SMARTS) is 1. The number of carbonyl (C=O) groups is 3. The van der Waals surface area contributed by atoms with E-state index in [0.717, 1.165) is 23.9 Å². The van der Waals surface area contributed by atoms with Gasteiger partial charge >= 0.3 is 5.97 Å². The zero-order valence-corrected chi connectivity index (χ0v) is 14.4. The minimum atomic E-state index is -0.802. The molecule has 2 aromatic rings. The third-order valence-electron chi connectivity index (χ3n) is 4.48. The van der Waals surface area contributed by atoms with Gasteiger partial charge in [-0.2, -0.15) is 0 Å². The molecule has 0 saturated heterocycles. The number of aromatic nitrogens is 2. The van der Waals surface area contributed by atoms with E-state index in [1.807, 2.05) is 28.8 Å². The molecule has 1 aliphatic rings. The van der Waals surface area contributed by atoms with Crippen LogP contribution in [0.2, 0.25) is 0 Å². The number of anilines is 1. The zero-order chi connectivity index (χ0) is 18.5. The molecule has 1 aliphatic heterocycles. The first-order valence-corrected chi connectivity index (χ1v) is 8.79. The highest BCUT2D eigenvalue weighted by atomic mass is 16.4. The Kier molecular flexibility index (Phi) is 5.50. The smallest absolute Gasteiger partial charge is 0.303 e. The van der Waals surface area contributed by atoms with E-state index in [9.17, 15) is 14.4 Å². The molecular weight excluding hydrogens is 336 g/mol. The summed E-state index contributed by atoms with van der Waals surface area (Å²) >= 11 is 0. The number of amides is 2. The molecule has 138 valence electrons. The van der Waals surface area contributed by atoms with Crippen LogP contribution in [0.3, 0.4) is 0 Å². The molecule has 8 heteroatoms. The average molecular weight is 358 g/mol. The number of rotatable bonds is 8. The Bertz CT molecular complexity index is 830. The van der Waals surface area contributed by atoms with Crippen molar-refractivity contribution in [3.63, 3.8) is 0 Å². The van der Waals surface area contributed by atoms with Gasteiger partial charge in [0.05, 0.1) is 17.0 Å². The summed E-state index contributed by atoms with van der Waals surface area (Å²) in [5.41, 5.74) is 1.75. The van der Waals surface area contributed by atoms with Crippen LogP contribution in [0.1, 0.15) is 32.1 Å². The van der Waals surface area contributed by atoms with E-state index in [1.165, 1.54) is 0 Å². The molecule has 0 bridgehead atoms. The highest BCUT2D eigenvalue weighted by molar-refractivity contribution is 5.97. The fourth-order valence-corrected chi connectivity index (χ4v) is 3.13. The summed E-state index contributed by atoms with van der Waals surface area (Å²) in [4.78, 5) is 39.2. The SMILES string of the molecule is O=C(O)CCCCCNC(=O)CC1Cn2c(nc3ccccc32)NC1=O. The van der Waals surface area contributed by atoms with Gasteiger partial charge in [0.25, 0.3) is 0 Å². The predicted octanol–water partition coefficient (Wildman–Crippen LogP) is 1.76. The van der Waals surface area contributed by atoms with Crippen LogP contribution in [0.4, 0.5) is 5.95 Å². The molecule has 3 N–H and O–H groups in total. The third kappa shape index (κ3) is 4.19. The number of aliphatic carboxylic acids is 1. The minimum absolute atomic E-state index is 0.118. The van der Waals surface area contributed by atoms with Gasteiger partial charge in [-0.3, -0.25) is 19.7 Å². The maximum absolute atomic E-state index is 12.2. The van der Waals surface area contributed by atoms with Gasteiger partial charge in [0.2, 0.25) is 17.8 Å². The van der Waals surface area contributed by atoms with Crippen molar-refractivity contribution in [1.29, 1.82) is 0 Å². The average Bonchev–Trinajstić information content (AvgIpc) is 2.95. The van der Waals surface area contributed by atoms with Crippen LogP contribution in [0.5, 0.6) is 0 Å². The van der Waals surface area contributed by atoms with E-state index in [0.29, 0.717) is 25.5 Å². The Morgan fingerprint density at radius 3 is 2.88 bits per heavy atom. The van der Waals surface area contributed by atoms with Gasteiger partial charge in [-0.25, -0.2) is 4.98 Å². The van der Waals surface area contributed by atoms with Crippen molar-refractivity contribution < 1.29 is 19.5 Å². The normalized spacial score (nSPS) is 16.2. The van der Waals surface area contributed by atoms with E-state index in [2.05, 4.69) is 15.6 Å². The summed E-state index contributed by atoms with van der Waals surface area (Å²) in [6.45, 7) is 0.916. The largest absolute Gasteiger partial charge is 0.481 e. The fraction of sp³-hybridized carbons (Fsp3) is 0.444. The number of hydrogen-bond acceptors (Lipinski definition) is 4. The second-order valence-electron chi connectivity index (χ2n) is 6.48. The monoisotopic (exact) mass is 358 g/mol. The molecule has 1 aromatic carbocycles. The first kappa shape index (κ1) is 17.9. The van der Waals surface area contributed by atoms with E-state index < -0.39 is 11.9 Å². The molecule has 0 saturated carbocycles. The van der Waals surface area contributed by atoms with Crippen molar-refractivity contribution >= 4 is 34.8 Å². The quantitative estimate of drug-likeness (QED) is 0.622. The van der Waals surface area contributed by atoms with Gasteiger partial charge in [0, 0.05) is 25.9 Å². The van der Waals surface area contributed by atoms with Crippen LogP contribution in [0.25, 0.3) is 11.0 Å². The summed E-state index contributed by atoms with van der Waals surface area (Å²) in [5, 5.41) is 14.2. The Labute approximate surface area is 150 Å². The fourth-order valence-electron chi connectivity index (χ4n) is 3.13. The summed E-state index contributed by atoms with van der Waals surface area (Å²) in [7, 11) is 0. The summed E-state index contributed by atoms with van der Waals surface area (Å²) in [5.74, 6) is -1.08. The Hall–Kier alpha value is -2.90. The van der Waals surface area contributed by atoms with Crippen LogP contribution in [-0.2, 0) is 20.9 Å². The van der Waals surface area contributed by atoms with Gasteiger partial charge in [0.1, 0.15) is 0 Å². The van der Waals surface area contributed by atoms with E-state index in [1.54, 1.807) is 0 Å². The summed E-state index contributed by atoms with van der Waals surface area (Å²) in [6, 6.07) is 7.64. The molecule has 0 fully saturated rings. The lowest BCUT2D eigenvalue weighted by Gasteiger charge is -2.23. The number of nitrogens with zero attached hydrogens (tertiary/aromatic N) is 2. The number of hydrogen-bond donors (Lipinski definition) is 3. The molecule has 0 aliphatic carbocycles. The van der Waals surface area contributed by atoms with Crippen molar-refractivity contribution in [1.82, 2.24) is 14.9 Å². The number of nitrogens with one attached hydrogen (secondary N) is 2. The minimum Gasteiger partial charge on any atom is -0.481 e. The van der Waals surface area contributed by atoms with E-state index in [4.69, 9.17) is 5.11 Å². The molecular formula is C18H22N4O4. The number of imidazole rings is 1. The van der Waals surface area contributed by atoms with Crippen LogP contribution in [-0.4, -0.2) is 39.0 Å². The molecule has 2 amide bonds. The predicted molar refractivity (Wildman–Crippen MR) is 95.6 cm³/mol. The molecule has 1 atom stereocenters. The highest BCUT2D eigenvalue weighted by Crippen LogP contribution is 2.26. The molecule has 1 aromatic heterocycles. The lowest BCUT2D eigenvalue weighted by atomic mass is 10.0. The van der Waals surface area contributed by atoms with Crippen molar-refractivity contribution in [2.45, 2.75) is 38.6 Å². The van der Waals surface area contributed by atoms with Crippen LogP contribution < -0.4 is 10.6 Å². The van der Waals surface area contributed by atoms with Crippen LogP contribution in [0, 0.1) is 5.92 Å². The van der Waals surface area contributed by atoms with Crippen molar-refractivity contribution in [2.75, 3.05) is 11.9 Å². The molecule has 8 nitrogen and oxygen atoms in total. The zero-order valence-electron chi connectivity index (χ0n) is 14.4. The first-order valence-electron chi connectivity index (χ1n) is 8.79. The number of para-hydroxylation sites is 2. The lowest BCUT2D eigenvalue weighted by Crippen LogP contribution is -2.37. The summed E-state index contributed by atoms with van der Waals surface area (Å²) in [6.07, 6.45) is 2.35. The van der Waals surface area contributed by atoms with Crippen molar-refractivity contribution in [2.24, 2.45) is 5.92 Å². The van der Waals surface area contributed by atoms with Gasteiger partial charge in [-0.15, -0.1) is 0 Å². The van der Waals surface area contributed by atoms with Crippen LogP contribution >= 0.6 is 0 Å². The van der Waals surface area contributed by atoms with Crippen LogP contribution in [0.15, 0.2) is 24.3 Å². The van der Waals surface area contributed by atoms with Gasteiger partial charge in [-0.05, 0) is 25.0 Å². The highest BCUT2D eigenvalue weighted by Gasteiger charge is 2.30. The second kappa shape index (κ2) is 7.99. The Morgan fingerprint density at radius 2 is 2.08 bits per heavy atom. The Balaban J connectivity index is 1.50. The Morgan fingerprint density at radius 1 is 1.27 bits per heavy atom. The third-order valence-corrected chi connectivity index (χ3v) is 4.48. The number of fused-ring (bicyclic) bond motifs is 3. The molecule has 26 heavy (non-hydrogen) atoms. The van der Waals surface area contributed by atoms with E-state index >= 15 is 0 Å². The van der Waals surface area contributed by atoms with Gasteiger partial charge in [0.15, 0.2) is 0 Å². The topological polar surface area (TPSA) is 113 Å². The standard InChI is InChI=1S/C18H22N4O4/c23-15(19-9-5-1-2-8-16(24)25)10-12-11-22-14-7-4-3-6-13(14)20-18(22)21-17(12)26/h3-4,6-7,12H,1-2,5,8-11H2,(H,19,23)(H,24,25)(H,20,21,26). The second-order valence-corrected chi connectivity index (χ2v) is 6.48. The molecule has 2 heterocycles. The molecule has 0 spiro atoms.